The van der Waals surface area contributed by atoms with Gasteiger partial charge in [-0.3, -0.25) is 0 Å². The molecule has 1 atom stereocenters. The van der Waals surface area contributed by atoms with E-state index in [1.807, 2.05) is 6.92 Å². The quantitative estimate of drug-likeness (QED) is 0.720. The van der Waals surface area contributed by atoms with Crippen molar-refractivity contribution in [3.8, 4) is 0 Å². The first-order valence-electron chi connectivity index (χ1n) is 6.08. The van der Waals surface area contributed by atoms with E-state index in [1.54, 1.807) is 6.07 Å². The molecule has 1 N–H and O–H groups in total. The largest absolute Gasteiger partial charge is 0.389 e. The maximum Gasteiger partial charge on any atom is 0.389 e. The van der Waals surface area contributed by atoms with Crippen LogP contribution in [0.15, 0.2) is 22.7 Å². The Balaban J connectivity index is 2.83. The van der Waals surface area contributed by atoms with Gasteiger partial charge in [-0.25, -0.2) is 4.39 Å². The van der Waals surface area contributed by atoms with Crippen LogP contribution >= 0.6 is 15.9 Å². The Hall–Kier alpha value is -0.620. The van der Waals surface area contributed by atoms with Crippen molar-refractivity contribution in [1.82, 2.24) is 5.32 Å². The summed E-state index contributed by atoms with van der Waals surface area (Å²) in [4.78, 5) is 0. The minimum absolute atomic E-state index is 0.165. The van der Waals surface area contributed by atoms with Gasteiger partial charge in [0, 0.05) is 22.5 Å². The minimum Gasteiger partial charge on any atom is -0.310 e. The van der Waals surface area contributed by atoms with Gasteiger partial charge in [-0.05, 0) is 31.5 Å². The number of hydrogen-bond donors (Lipinski definition) is 1. The van der Waals surface area contributed by atoms with E-state index in [2.05, 4.69) is 21.2 Å². The highest BCUT2D eigenvalue weighted by atomic mass is 79.9. The molecular formula is C13H16BrF4N. The van der Waals surface area contributed by atoms with Crippen molar-refractivity contribution in [3.63, 3.8) is 0 Å². The molecule has 0 radical (unpaired) electrons. The second-order valence-electron chi connectivity index (χ2n) is 4.33. The van der Waals surface area contributed by atoms with Gasteiger partial charge in [0.05, 0.1) is 0 Å². The highest BCUT2D eigenvalue weighted by Gasteiger charge is 2.29. The Bertz CT molecular complexity index is 406. The van der Waals surface area contributed by atoms with Gasteiger partial charge in [0.25, 0.3) is 0 Å². The van der Waals surface area contributed by atoms with E-state index >= 15 is 0 Å². The molecule has 0 amide bonds. The summed E-state index contributed by atoms with van der Waals surface area (Å²) in [6, 6.07) is 3.80. The van der Waals surface area contributed by atoms with Crippen LogP contribution in [-0.4, -0.2) is 12.7 Å². The summed E-state index contributed by atoms with van der Waals surface area (Å²) in [6.45, 7) is 2.46. The molecule has 0 fully saturated rings. The van der Waals surface area contributed by atoms with E-state index in [-0.39, 0.29) is 12.0 Å². The fraction of sp³-hybridized carbons (Fsp3) is 0.538. The summed E-state index contributed by atoms with van der Waals surface area (Å²) in [5, 5.41) is 2.96. The highest BCUT2D eigenvalue weighted by Crippen LogP contribution is 2.29. The van der Waals surface area contributed by atoms with Crippen LogP contribution in [0.1, 0.15) is 37.8 Å². The third-order valence-electron chi connectivity index (χ3n) is 2.70. The molecule has 1 aromatic rings. The third-order valence-corrected chi connectivity index (χ3v) is 3.19. The first-order chi connectivity index (χ1) is 8.83. The molecule has 1 unspecified atom stereocenters. The van der Waals surface area contributed by atoms with Gasteiger partial charge >= 0.3 is 6.18 Å². The monoisotopic (exact) mass is 341 g/mol. The lowest BCUT2D eigenvalue weighted by Crippen LogP contribution is -2.25. The molecule has 0 saturated heterocycles. The van der Waals surface area contributed by atoms with Crippen molar-refractivity contribution in [3.05, 3.63) is 34.1 Å². The van der Waals surface area contributed by atoms with Crippen molar-refractivity contribution in [2.24, 2.45) is 0 Å². The van der Waals surface area contributed by atoms with Gasteiger partial charge in [-0.15, -0.1) is 0 Å². The predicted molar refractivity (Wildman–Crippen MR) is 70.4 cm³/mol. The van der Waals surface area contributed by atoms with E-state index in [1.165, 1.54) is 12.1 Å². The van der Waals surface area contributed by atoms with Crippen molar-refractivity contribution >= 4 is 15.9 Å². The summed E-state index contributed by atoms with van der Waals surface area (Å²) in [5.74, 6) is -0.495. The zero-order valence-corrected chi connectivity index (χ0v) is 12.1. The molecule has 0 aliphatic carbocycles. The number of benzene rings is 1. The molecule has 6 heteroatoms. The summed E-state index contributed by atoms with van der Waals surface area (Å²) in [6.07, 6.45) is -4.54. The van der Waals surface area contributed by atoms with Crippen LogP contribution in [-0.2, 0) is 0 Å². The summed E-state index contributed by atoms with van der Waals surface area (Å²) < 4.78 is 51.2. The van der Waals surface area contributed by atoms with Crippen LogP contribution in [0.3, 0.4) is 0 Å². The first kappa shape index (κ1) is 16.4. The van der Waals surface area contributed by atoms with E-state index < -0.39 is 24.5 Å². The van der Waals surface area contributed by atoms with Gasteiger partial charge in [0.2, 0.25) is 0 Å². The molecule has 0 heterocycles. The lowest BCUT2D eigenvalue weighted by atomic mass is 10.0. The zero-order chi connectivity index (χ0) is 14.5. The fourth-order valence-electron chi connectivity index (χ4n) is 1.78. The number of alkyl halides is 3. The standard InChI is InChI=1S/C13H16BrF4N/c1-2-7-19-12(5-6-13(16,17)18)10-4-3-9(14)8-11(10)15/h3-4,8,12,19H,2,5-7H2,1H3. The van der Waals surface area contributed by atoms with Gasteiger partial charge in [0.15, 0.2) is 0 Å². The van der Waals surface area contributed by atoms with Crippen LogP contribution < -0.4 is 5.32 Å². The summed E-state index contributed by atoms with van der Waals surface area (Å²) in [5.41, 5.74) is 0.279. The first-order valence-corrected chi connectivity index (χ1v) is 6.88. The Kier molecular flexibility index (Phi) is 6.26. The molecule has 1 rings (SSSR count). The topological polar surface area (TPSA) is 12.0 Å². The highest BCUT2D eigenvalue weighted by molar-refractivity contribution is 9.10. The molecule has 0 aliphatic rings. The molecule has 0 aliphatic heterocycles. The van der Waals surface area contributed by atoms with Crippen LogP contribution in [0.4, 0.5) is 17.6 Å². The van der Waals surface area contributed by atoms with E-state index in [0.717, 1.165) is 6.42 Å². The molecule has 1 nitrogen and oxygen atoms in total. The third kappa shape index (κ3) is 5.91. The van der Waals surface area contributed by atoms with Crippen molar-refractivity contribution in [2.75, 3.05) is 6.54 Å². The Labute approximate surface area is 118 Å². The molecule has 1 aromatic carbocycles. The zero-order valence-electron chi connectivity index (χ0n) is 10.5. The molecule has 0 bridgehead atoms. The predicted octanol–water partition coefficient (Wildman–Crippen LogP) is 4.97. The van der Waals surface area contributed by atoms with Crippen molar-refractivity contribution < 1.29 is 17.6 Å². The summed E-state index contributed by atoms with van der Waals surface area (Å²) in [7, 11) is 0. The SMILES string of the molecule is CCCNC(CCC(F)(F)F)c1ccc(Br)cc1F. The lowest BCUT2D eigenvalue weighted by Gasteiger charge is -2.20. The molecule has 108 valence electrons. The van der Waals surface area contributed by atoms with Crippen LogP contribution in [0, 0.1) is 5.82 Å². The van der Waals surface area contributed by atoms with E-state index in [9.17, 15) is 17.6 Å². The maximum absolute atomic E-state index is 13.8. The Morgan fingerprint density at radius 2 is 2.00 bits per heavy atom. The van der Waals surface area contributed by atoms with Gasteiger partial charge in [0.1, 0.15) is 5.82 Å². The number of hydrogen-bond acceptors (Lipinski definition) is 1. The molecule has 19 heavy (non-hydrogen) atoms. The van der Waals surface area contributed by atoms with E-state index in [4.69, 9.17) is 0 Å². The van der Waals surface area contributed by atoms with Crippen LogP contribution in [0.25, 0.3) is 0 Å². The van der Waals surface area contributed by atoms with Gasteiger partial charge in [-0.2, -0.15) is 13.2 Å². The minimum atomic E-state index is -4.22. The fourth-order valence-corrected chi connectivity index (χ4v) is 2.11. The normalized spacial score (nSPS) is 13.6. The lowest BCUT2D eigenvalue weighted by molar-refractivity contribution is -0.136. The van der Waals surface area contributed by atoms with Crippen molar-refractivity contribution in [2.45, 2.75) is 38.4 Å². The van der Waals surface area contributed by atoms with Gasteiger partial charge in [-0.1, -0.05) is 28.9 Å². The average Bonchev–Trinajstić information content (AvgIpc) is 2.29. The summed E-state index contributed by atoms with van der Waals surface area (Å²) >= 11 is 3.13. The molecule has 0 aromatic heterocycles. The van der Waals surface area contributed by atoms with Crippen LogP contribution in [0.5, 0.6) is 0 Å². The number of rotatable bonds is 6. The molecular weight excluding hydrogens is 326 g/mol. The maximum atomic E-state index is 13.8. The molecule has 0 saturated carbocycles. The van der Waals surface area contributed by atoms with Gasteiger partial charge < -0.3 is 5.32 Å². The number of nitrogens with one attached hydrogen (secondary N) is 1. The Morgan fingerprint density at radius 3 is 2.53 bits per heavy atom. The van der Waals surface area contributed by atoms with E-state index in [0.29, 0.717) is 11.0 Å². The average molecular weight is 342 g/mol. The van der Waals surface area contributed by atoms with Crippen LogP contribution in [0.2, 0.25) is 0 Å². The second-order valence-corrected chi connectivity index (χ2v) is 5.24. The number of halogens is 5. The Morgan fingerprint density at radius 1 is 1.32 bits per heavy atom. The second kappa shape index (κ2) is 7.24. The molecule has 0 spiro atoms. The smallest absolute Gasteiger partial charge is 0.310 e. The van der Waals surface area contributed by atoms with Crippen molar-refractivity contribution in [1.29, 1.82) is 0 Å².